The molecule has 1 saturated heterocycles. The Morgan fingerprint density at radius 3 is 2.72 bits per heavy atom. The zero-order valence-corrected chi connectivity index (χ0v) is 18.3. The van der Waals surface area contributed by atoms with E-state index in [1.54, 1.807) is 6.33 Å². The first-order chi connectivity index (χ1) is 15.5. The minimum Gasteiger partial charge on any atom is -0.491 e. The molecule has 4 heterocycles. The molecule has 2 aliphatic heterocycles. The molecule has 6 rings (SSSR count). The van der Waals surface area contributed by atoms with Gasteiger partial charge in [-0.1, -0.05) is 6.07 Å². The molecule has 1 aromatic carbocycles. The third-order valence-corrected chi connectivity index (χ3v) is 6.78. The van der Waals surface area contributed by atoms with Gasteiger partial charge in [0.25, 0.3) is 0 Å². The molecule has 8 heteroatoms. The summed E-state index contributed by atoms with van der Waals surface area (Å²) in [6.45, 7) is 6.32. The lowest BCUT2D eigenvalue weighted by atomic mass is 9.93. The van der Waals surface area contributed by atoms with Crippen LogP contribution < -0.4 is 10.1 Å². The van der Waals surface area contributed by atoms with Crippen LogP contribution in [0.3, 0.4) is 0 Å². The summed E-state index contributed by atoms with van der Waals surface area (Å²) in [4.78, 5) is 14.9. The quantitative estimate of drug-likeness (QED) is 0.643. The molecule has 0 unspecified atom stereocenters. The number of fused-ring (bicyclic) bond motifs is 2. The number of halogens is 1. The first kappa shape index (κ1) is 19.9. The summed E-state index contributed by atoms with van der Waals surface area (Å²) in [5, 5.41) is 4.69. The number of rotatable bonds is 4. The molecule has 2 aromatic heterocycles. The third kappa shape index (κ3) is 3.61. The van der Waals surface area contributed by atoms with Gasteiger partial charge in [-0.15, -0.1) is 0 Å². The van der Waals surface area contributed by atoms with E-state index in [2.05, 4.69) is 45.1 Å². The van der Waals surface area contributed by atoms with Gasteiger partial charge in [0.05, 0.1) is 29.7 Å². The average Bonchev–Trinajstić information content (AvgIpc) is 3.52. The molecule has 168 valence electrons. The Labute approximate surface area is 186 Å². The molecule has 2 fully saturated rings. The highest BCUT2D eigenvalue weighted by Crippen LogP contribution is 2.42. The second kappa shape index (κ2) is 7.71. The van der Waals surface area contributed by atoms with Crippen molar-refractivity contribution >= 4 is 16.9 Å². The first-order valence-electron chi connectivity index (χ1n) is 11.5. The monoisotopic (exact) mass is 437 g/mol. The van der Waals surface area contributed by atoms with Crippen molar-refractivity contribution in [2.45, 2.75) is 56.9 Å². The maximum Gasteiger partial charge on any atom is 0.143 e. The van der Waals surface area contributed by atoms with Gasteiger partial charge in [0, 0.05) is 30.4 Å². The summed E-state index contributed by atoms with van der Waals surface area (Å²) in [5.41, 5.74) is 3.02. The molecule has 4 atom stereocenters. The number of H-pyrrole nitrogens is 1. The van der Waals surface area contributed by atoms with Crippen molar-refractivity contribution in [2.24, 2.45) is 0 Å². The Morgan fingerprint density at radius 2 is 1.94 bits per heavy atom. The van der Waals surface area contributed by atoms with E-state index in [9.17, 15) is 4.39 Å². The molecule has 0 radical (unpaired) electrons. The zero-order chi connectivity index (χ0) is 21.8. The molecule has 0 amide bonds. The number of aromatic nitrogens is 3. The number of hydrogen-bond donors (Lipinski definition) is 2. The van der Waals surface area contributed by atoms with Crippen molar-refractivity contribution in [3.05, 3.63) is 47.7 Å². The smallest absolute Gasteiger partial charge is 0.143 e. The van der Waals surface area contributed by atoms with Crippen LogP contribution in [0.25, 0.3) is 11.0 Å². The molecule has 1 aliphatic carbocycles. The zero-order valence-electron chi connectivity index (χ0n) is 18.3. The average molecular weight is 438 g/mol. The SMILES string of the molecule is C[C@@H]1CN([C@@H]2COc3cc(F)ccc3[C@H]2Nc2ncnc3[nH]c(C4CC4)cc23)C[C@H](C)O1. The van der Waals surface area contributed by atoms with Crippen LogP contribution in [-0.2, 0) is 4.74 Å². The summed E-state index contributed by atoms with van der Waals surface area (Å²) >= 11 is 0. The Hall–Kier alpha value is -2.71. The number of anilines is 1. The normalized spacial score (nSPS) is 28.3. The van der Waals surface area contributed by atoms with E-state index < -0.39 is 0 Å². The highest BCUT2D eigenvalue weighted by molar-refractivity contribution is 5.88. The van der Waals surface area contributed by atoms with Gasteiger partial charge < -0.3 is 19.8 Å². The van der Waals surface area contributed by atoms with E-state index in [0.717, 1.165) is 35.5 Å². The summed E-state index contributed by atoms with van der Waals surface area (Å²) < 4.78 is 25.9. The molecule has 2 N–H and O–H groups in total. The van der Waals surface area contributed by atoms with Crippen LogP contribution in [-0.4, -0.2) is 57.8 Å². The Bertz CT molecular complexity index is 1140. The van der Waals surface area contributed by atoms with Crippen LogP contribution in [0.15, 0.2) is 30.6 Å². The number of ether oxygens (including phenoxy) is 2. The van der Waals surface area contributed by atoms with Crippen molar-refractivity contribution in [1.29, 1.82) is 0 Å². The lowest BCUT2D eigenvalue weighted by Gasteiger charge is -2.45. The van der Waals surface area contributed by atoms with Crippen molar-refractivity contribution in [3.63, 3.8) is 0 Å². The van der Waals surface area contributed by atoms with Crippen molar-refractivity contribution in [3.8, 4) is 5.75 Å². The van der Waals surface area contributed by atoms with Crippen molar-refractivity contribution < 1.29 is 13.9 Å². The van der Waals surface area contributed by atoms with Crippen LogP contribution in [0, 0.1) is 5.82 Å². The molecule has 32 heavy (non-hydrogen) atoms. The van der Waals surface area contributed by atoms with Crippen LogP contribution in [0.2, 0.25) is 0 Å². The molecular weight excluding hydrogens is 409 g/mol. The maximum absolute atomic E-state index is 13.9. The Kier molecular flexibility index (Phi) is 4.80. The summed E-state index contributed by atoms with van der Waals surface area (Å²) in [6.07, 6.45) is 4.32. The van der Waals surface area contributed by atoms with Crippen LogP contribution in [0.4, 0.5) is 10.2 Å². The van der Waals surface area contributed by atoms with E-state index in [4.69, 9.17) is 9.47 Å². The molecule has 3 aromatic rings. The fourth-order valence-corrected chi connectivity index (χ4v) is 5.18. The van der Waals surface area contributed by atoms with Crippen LogP contribution in [0.5, 0.6) is 5.75 Å². The lowest BCUT2D eigenvalue weighted by Crippen LogP contribution is -2.56. The number of nitrogens with one attached hydrogen (secondary N) is 2. The molecule has 0 spiro atoms. The van der Waals surface area contributed by atoms with E-state index in [0.29, 0.717) is 18.3 Å². The van der Waals surface area contributed by atoms with Gasteiger partial charge in [0.2, 0.25) is 0 Å². The highest BCUT2D eigenvalue weighted by atomic mass is 19.1. The van der Waals surface area contributed by atoms with Gasteiger partial charge in [-0.05, 0) is 44.7 Å². The minimum absolute atomic E-state index is 0.0635. The molecule has 1 saturated carbocycles. The lowest BCUT2D eigenvalue weighted by molar-refractivity contribution is -0.0886. The van der Waals surface area contributed by atoms with Gasteiger partial charge >= 0.3 is 0 Å². The van der Waals surface area contributed by atoms with Gasteiger partial charge in [-0.2, -0.15) is 0 Å². The molecule has 3 aliphatic rings. The maximum atomic E-state index is 13.9. The predicted octanol–water partition coefficient (Wildman–Crippen LogP) is 4.00. The number of hydrogen-bond acceptors (Lipinski definition) is 6. The molecule has 7 nitrogen and oxygen atoms in total. The summed E-state index contributed by atoms with van der Waals surface area (Å²) in [7, 11) is 0. The highest BCUT2D eigenvalue weighted by Gasteiger charge is 2.39. The van der Waals surface area contributed by atoms with Gasteiger partial charge in [0.1, 0.15) is 36.0 Å². The number of nitrogens with zero attached hydrogens (tertiary/aromatic N) is 3. The Balaban J connectivity index is 1.39. The van der Waals surface area contributed by atoms with Gasteiger partial charge in [0.15, 0.2) is 0 Å². The van der Waals surface area contributed by atoms with Crippen molar-refractivity contribution in [2.75, 3.05) is 25.0 Å². The second-order valence-corrected chi connectivity index (χ2v) is 9.38. The number of benzene rings is 1. The topological polar surface area (TPSA) is 75.3 Å². The predicted molar refractivity (Wildman–Crippen MR) is 119 cm³/mol. The number of aromatic amines is 1. The third-order valence-electron chi connectivity index (χ3n) is 6.78. The van der Waals surface area contributed by atoms with Crippen LogP contribution in [0.1, 0.15) is 49.9 Å². The van der Waals surface area contributed by atoms with E-state index in [-0.39, 0.29) is 30.1 Å². The van der Waals surface area contributed by atoms with Crippen LogP contribution >= 0.6 is 0 Å². The van der Waals surface area contributed by atoms with Gasteiger partial charge in [-0.3, -0.25) is 4.90 Å². The minimum atomic E-state index is -0.293. The first-order valence-corrected chi connectivity index (χ1v) is 11.5. The van der Waals surface area contributed by atoms with E-state index in [1.165, 1.54) is 30.7 Å². The standard InChI is InChI=1S/C24H28FN5O2/c1-13-9-30(10-14(2)32-13)20-11-31-21-7-16(25)5-6-17(21)22(20)29-24-18-8-19(15-3-4-15)28-23(18)26-12-27-24/h5-8,12-15,20,22H,3-4,9-11H2,1-2H3,(H2,26,27,28,29)/t13-,14+,20-,22-/m1/s1. The van der Waals surface area contributed by atoms with Crippen molar-refractivity contribution in [1.82, 2.24) is 19.9 Å². The van der Waals surface area contributed by atoms with Gasteiger partial charge in [-0.25, -0.2) is 14.4 Å². The summed E-state index contributed by atoms with van der Waals surface area (Å²) in [6, 6.07) is 6.94. The van der Waals surface area contributed by atoms with E-state index in [1.807, 2.05) is 6.07 Å². The number of morpholine rings is 1. The van der Waals surface area contributed by atoms with E-state index >= 15 is 0 Å². The Morgan fingerprint density at radius 1 is 1.12 bits per heavy atom. The summed E-state index contributed by atoms with van der Waals surface area (Å²) in [5.74, 6) is 1.69. The molecular formula is C24H28FN5O2. The second-order valence-electron chi connectivity index (χ2n) is 9.38. The fraction of sp³-hybridized carbons (Fsp3) is 0.500. The fourth-order valence-electron chi connectivity index (χ4n) is 5.18. The molecule has 0 bridgehead atoms. The largest absolute Gasteiger partial charge is 0.491 e.